The monoisotopic (exact) mass is 583 g/mol. The number of alkyl halides is 3. The maximum absolute atomic E-state index is 13.1. The number of benzene rings is 2. The van der Waals surface area contributed by atoms with Gasteiger partial charge in [-0.3, -0.25) is 0 Å². The van der Waals surface area contributed by atoms with Gasteiger partial charge in [0.2, 0.25) is 0 Å². The number of sulfonamides is 1. The second kappa shape index (κ2) is 10.5. The summed E-state index contributed by atoms with van der Waals surface area (Å²) in [7, 11) is -9.15. The summed E-state index contributed by atoms with van der Waals surface area (Å²) in [5.74, 6) is -0.286. The third kappa shape index (κ3) is 6.30. The van der Waals surface area contributed by atoms with Crippen LogP contribution >= 0.6 is 30.5 Å². The fraction of sp³-hybridized carbons (Fsp3) is 0.250. The summed E-state index contributed by atoms with van der Waals surface area (Å²) in [4.78, 5) is 10.1. The number of nitrogens with zero attached hydrogens (tertiary/aromatic N) is 1. The molecular formula is C20H18ClF3N3O6PS2. The summed E-state index contributed by atoms with van der Waals surface area (Å²) < 4.78 is 90.0. The normalized spacial score (nSPS) is 13.8. The third-order valence-electron chi connectivity index (χ3n) is 4.67. The Morgan fingerprint density at radius 1 is 1.28 bits per heavy atom. The molecule has 36 heavy (non-hydrogen) atoms. The maximum Gasteiger partial charge on any atom is 0.417 e. The molecule has 9 nitrogen and oxygen atoms in total. The number of rotatable bonds is 9. The highest BCUT2D eigenvalue weighted by Gasteiger charge is 2.35. The molecule has 3 rings (SSSR count). The fourth-order valence-electron chi connectivity index (χ4n) is 3.09. The maximum atomic E-state index is 13.1. The number of nitrogens with one attached hydrogen (secondary N) is 1. The summed E-state index contributed by atoms with van der Waals surface area (Å²) in [6.45, 7) is 1.99. The van der Waals surface area contributed by atoms with E-state index in [9.17, 15) is 31.0 Å². The Balaban J connectivity index is 1.83. The van der Waals surface area contributed by atoms with Crippen LogP contribution in [0.5, 0.6) is 11.5 Å². The molecule has 0 aliphatic rings. The van der Waals surface area contributed by atoms with Crippen LogP contribution in [0.3, 0.4) is 0 Å². The minimum atomic E-state index is -4.92. The molecule has 0 fully saturated rings. The Labute approximate surface area is 212 Å². The first-order chi connectivity index (χ1) is 16.7. The summed E-state index contributed by atoms with van der Waals surface area (Å²) in [6, 6.07) is 6.52. The van der Waals surface area contributed by atoms with E-state index in [2.05, 4.69) is 0 Å². The van der Waals surface area contributed by atoms with E-state index in [4.69, 9.17) is 31.9 Å². The first-order valence-electron chi connectivity index (χ1n) is 9.86. The van der Waals surface area contributed by atoms with Gasteiger partial charge in [0.25, 0.3) is 10.0 Å². The van der Waals surface area contributed by atoms with Crippen molar-refractivity contribution in [2.75, 3.05) is 19.4 Å². The number of nitriles is 1. The fourth-order valence-corrected chi connectivity index (χ4v) is 7.69. The van der Waals surface area contributed by atoms with Crippen molar-refractivity contribution in [3.05, 3.63) is 52.0 Å². The van der Waals surface area contributed by atoms with Crippen LogP contribution in [0.15, 0.2) is 34.5 Å². The van der Waals surface area contributed by atoms with Crippen LogP contribution in [-0.4, -0.2) is 32.7 Å². The molecule has 1 unspecified atom stereocenters. The van der Waals surface area contributed by atoms with Gasteiger partial charge in [-0.2, -0.15) is 23.2 Å². The second-order valence-corrected chi connectivity index (χ2v) is 12.4. The molecule has 0 amide bonds. The molecular weight excluding hydrogens is 566 g/mol. The molecule has 1 aromatic heterocycles. The van der Waals surface area contributed by atoms with Gasteiger partial charge >= 0.3 is 13.8 Å². The predicted molar refractivity (Wildman–Crippen MR) is 128 cm³/mol. The Bertz CT molecular complexity index is 1510. The zero-order valence-electron chi connectivity index (χ0n) is 18.3. The molecule has 3 aromatic rings. The van der Waals surface area contributed by atoms with Crippen molar-refractivity contribution in [3.8, 4) is 17.6 Å². The summed E-state index contributed by atoms with van der Waals surface area (Å²) in [5.41, 5.74) is 3.64. The molecule has 4 N–H and O–H groups in total. The van der Waals surface area contributed by atoms with Crippen LogP contribution in [0, 0.1) is 18.3 Å². The first-order valence-corrected chi connectivity index (χ1v) is 14.3. The zero-order chi connectivity index (χ0) is 26.9. The van der Waals surface area contributed by atoms with Crippen molar-refractivity contribution in [2.24, 2.45) is 5.73 Å². The number of hydrogen-bond donors (Lipinski definition) is 3. The topological polar surface area (TPSA) is 152 Å². The number of halogens is 4. The zero-order valence-corrected chi connectivity index (χ0v) is 21.6. The molecule has 0 saturated heterocycles. The SMILES string of the molecule is Cc1c(S(=O)(=O)NCP(=O)(O)Oc2ccc(C#N)c(C(F)(F)F)c2)sc2c(Cl)cc(OCCN)cc12. The highest BCUT2D eigenvalue weighted by Crippen LogP contribution is 2.45. The van der Waals surface area contributed by atoms with Gasteiger partial charge in [0.05, 0.1) is 26.9 Å². The van der Waals surface area contributed by atoms with E-state index >= 15 is 0 Å². The van der Waals surface area contributed by atoms with Crippen LogP contribution in [-0.2, 0) is 20.8 Å². The number of ether oxygens (including phenoxy) is 1. The quantitative estimate of drug-likeness (QED) is 0.309. The minimum Gasteiger partial charge on any atom is -0.492 e. The van der Waals surface area contributed by atoms with Crippen LogP contribution < -0.4 is 19.7 Å². The Morgan fingerprint density at radius 3 is 2.58 bits per heavy atom. The predicted octanol–water partition coefficient (Wildman–Crippen LogP) is 4.59. The number of aryl methyl sites for hydroxylation is 1. The van der Waals surface area contributed by atoms with Crippen molar-refractivity contribution in [3.63, 3.8) is 0 Å². The molecule has 0 bridgehead atoms. The van der Waals surface area contributed by atoms with Gasteiger partial charge in [0.15, 0.2) is 0 Å². The van der Waals surface area contributed by atoms with Crippen molar-refractivity contribution in [2.45, 2.75) is 17.3 Å². The van der Waals surface area contributed by atoms with E-state index in [0.29, 0.717) is 27.5 Å². The van der Waals surface area contributed by atoms with Gasteiger partial charge in [-0.05, 0) is 36.8 Å². The van der Waals surface area contributed by atoms with Crippen LogP contribution in [0.2, 0.25) is 5.02 Å². The van der Waals surface area contributed by atoms with E-state index in [1.807, 2.05) is 4.72 Å². The van der Waals surface area contributed by atoms with E-state index in [1.54, 1.807) is 6.07 Å². The van der Waals surface area contributed by atoms with Crippen molar-refractivity contribution in [1.82, 2.24) is 4.72 Å². The molecule has 16 heteroatoms. The minimum absolute atomic E-state index is 0.187. The van der Waals surface area contributed by atoms with Crippen LogP contribution in [0.25, 0.3) is 10.1 Å². The van der Waals surface area contributed by atoms with Crippen molar-refractivity contribution < 1.29 is 40.3 Å². The third-order valence-corrected chi connectivity index (χ3v) is 9.71. The number of fused-ring (bicyclic) bond motifs is 1. The largest absolute Gasteiger partial charge is 0.492 e. The van der Waals surface area contributed by atoms with E-state index in [0.717, 1.165) is 23.5 Å². The first kappa shape index (κ1) is 28.2. The van der Waals surface area contributed by atoms with E-state index in [1.165, 1.54) is 19.1 Å². The van der Waals surface area contributed by atoms with Gasteiger partial charge in [-0.15, -0.1) is 11.3 Å². The number of hydrogen-bond acceptors (Lipinski definition) is 8. The smallest absolute Gasteiger partial charge is 0.417 e. The Kier molecular flexibility index (Phi) is 8.26. The Morgan fingerprint density at radius 2 is 1.97 bits per heavy atom. The second-order valence-electron chi connectivity index (χ2n) is 7.29. The molecule has 0 saturated carbocycles. The highest BCUT2D eigenvalue weighted by atomic mass is 35.5. The molecule has 0 spiro atoms. The average molecular weight is 584 g/mol. The van der Waals surface area contributed by atoms with Crippen molar-refractivity contribution in [1.29, 1.82) is 5.26 Å². The molecule has 2 aromatic carbocycles. The number of nitrogens with two attached hydrogens (primary N) is 1. The van der Waals surface area contributed by atoms with Gasteiger partial charge in [-0.25, -0.2) is 13.0 Å². The van der Waals surface area contributed by atoms with E-state index in [-0.39, 0.29) is 22.4 Å². The molecule has 194 valence electrons. The molecule has 1 heterocycles. The Hall–Kier alpha value is -2.37. The molecule has 0 aliphatic carbocycles. The van der Waals surface area contributed by atoms with Gasteiger partial charge in [-0.1, -0.05) is 11.6 Å². The van der Waals surface area contributed by atoms with E-state index < -0.39 is 47.0 Å². The lowest BCUT2D eigenvalue weighted by Gasteiger charge is -2.16. The summed E-state index contributed by atoms with van der Waals surface area (Å²) in [6.07, 6.45) is -6.05. The van der Waals surface area contributed by atoms with Crippen LogP contribution in [0.4, 0.5) is 13.2 Å². The van der Waals surface area contributed by atoms with Crippen molar-refractivity contribution >= 4 is 50.6 Å². The average Bonchev–Trinajstić information content (AvgIpc) is 3.13. The van der Waals surface area contributed by atoms with Gasteiger partial charge < -0.3 is 19.9 Å². The molecule has 1 atom stereocenters. The van der Waals surface area contributed by atoms with Gasteiger partial charge in [0, 0.05) is 18.0 Å². The lowest BCUT2D eigenvalue weighted by Crippen LogP contribution is -2.25. The summed E-state index contributed by atoms with van der Waals surface area (Å²) >= 11 is 7.08. The number of thiophene rings is 1. The lowest BCUT2D eigenvalue weighted by molar-refractivity contribution is -0.137. The highest BCUT2D eigenvalue weighted by molar-refractivity contribution is 7.92. The molecule has 0 radical (unpaired) electrons. The van der Waals surface area contributed by atoms with Crippen LogP contribution in [0.1, 0.15) is 16.7 Å². The summed E-state index contributed by atoms with van der Waals surface area (Å²) in [5, 5.41) is 9.56. The lowest BCUT2D eigenvalue weighted by atomic mass is 10.1. The molecule has 0 aliphatic heterocycles. The standard InChI is InChI=1S/C20H18ClF3N3O6PS2/c1-11-15-6-14(32-5-4-25)8-17(21)18(15)35-19(11)36(30,31)27-10-34(28,29)33-13-3-2-12(9-26)16(7-13)20(22,23)24/h2-3,6-8,27H,4-5,10,25H2,1H3,(H,28,29). The van der Waals surface area contributed by atoms with Gasteiger partial charge in [0.1, 0.15) is 28.6 Å².